The van der Waals surface area contributed by atoms with E-state index in [2.05, 4.69) is 6.08 Å². The first-order valence-corrected chi connectivity index (χ1v) is 5.57. The second-order valence-electron chi connectivity index (χ2n) is 3.43. The van der Waals surface area contributed by atoms with Gasteiger partial charge in [-0.3, -0.25) is 0 Å². The molecule has 1 heterocycles. The highest BCUT2D eigenvalue weighted by molar-refractivity contribution is 8.04. The molecule has 76 valence electrons. The number of rotatable bonds is 1. The second kappa shape index (κ2) is 3.69. The molecule has 0 amide bonds. The topological polar surface area (TPSA) is 52.3 Å². The van der Waals surface area contributed by atoms with Gasteiger partial charge in [0.05, 0.1) is 17.7 Å². The molecule has 1 aliphatic heterocycles. The minimum absolute atomic E-state index is 0.300. The molecule has 0 spiro atoms. The van der Waals surface area contributed by atoms with E-state index in [1.807, 2.05) is 0 Å². The summed E-state index contributed by atoms with van der Waals surface area (Å²) >= 11 is 1.59. The zero-order chi connectivity index (χ0) is 10.1. The van der Waals surface area contributed by atoms with Gasteiger partial charge in [-0.05, 0) is 24.8 Å². The number of esters is 1. The van der Waals surface area contributed by atoms with Crippen LogP contribution in [0.25, 0.3) is 0 Å². The number of hydrogen-bond acceptors (Lipinski definition) is 4. The van der Waals surface area contributed by atoms with Gasteiger partial charge in [0.1, 0.15) is 0 Å². The number of carbonyl (C=O) groups excluding carboxylic acids is 1. The van der Waals surface area contributed by atoms with Crippen molar-refractivity contribution in [2.24, 2.45) is 5.73 Å². The lowest BCUT2D eigenvalue weighted by molar-refractivity contribution is -0.135. The van der Waals surface area contributed by atoms with E-state index in [9.17, 15) is 4.79 Å². The lowest BCUT2D eigenvalue weighted by Gasteiger charge is -2.16. The summed E-state index contributed by atoms with van der Waals surface area (Å²) in [4.78, 5) is 11.5. The molecule has 2 N–H and O–H groups in total. The lowest BCUT2D eigenvalue weighted by atomic mass is 9.94. The molecule has 2 rings (SSSR count). The number of nitrogens with two attached hydrogens (primary N) is 1. The van der Waals surface area contributed by atoms with Crippen molar-refractivity contribution in [3.05, 3.63) is 22.3 Å². The van der Waals surface area contributed by atoms with E-state index in [-0.39, 0.29) is 5.97 Å². The molecular weight excluding hydrogens is 198 g/mol. The Morgan fingerprint density at radius 1 is 1.71 bits per heavy atom. The standard InChI is InChI=1S/C10H13NO2S/c1-13-10(12)8-6-4-2-3-5-7(6)14-9(8)11/h4,7H,2-3,5,11H2,1H3. The Balaban J connectivity index is 2.33. The Bertz CT molecular complexity index is 333. The molecule has 1 aliphatic carbocycles. The monoisotopic (exact) mass is 211 g/mol. The Labute approximate surface area is 87.4 Å². The van der Waals surface area contributed by atoms with E-state index in [0.717, 1.165) is 18.4 Å². The van der Waals surface area contributed by atoms with Crippen LogP contribution in [0.1, 0.15) is 19.3 Å². The van der Waals surface area contributed by atoms with Gasteiger partial charge in [-0.2, -0.15) is 0 Å². The molecule has 1 atom stereocenters. The van der Waals surface area contributed by atoms with Crippen LogP contribution in [0.15, 0.2) is 22.3 Å². The predicted octanol–water partition coefficient (Wildman–Crippen LogP) is 1.56. The number of allylic oxidation sites excluding steroid dienone is 1. The highest BCUT2D eigenvalue weighted by Crippen LogP contribution is 2.44. The van der Waals surface area contributed by atoms with E-state index in [0.29, 0.717) is 15.9 Å². The summed E-state index contributed by atoms with van der Waals surface area (Å²) in [6.07, 6.45) is 5.45. The second-order valence-corrected chi connectivity index (χ2v) is 4.67. The van der Waals surface area contributed by atoms with Crippen LogP contribution in [-0.4, -0.2) is 18.3 Å². The Morgan fingerprint density at radius 3 is 3.21 bits per heavy atom. The molecule has 0 saturated heterocycles. The highest BCUT2D eigenvalue weighted by atomic mass is 32.2. The third-order valence-corrected chi connectivity index (χ3v) is 3.81. The van der Waals surface area contributed by atoms with Crippen LogP contribution in [0.4, 0.5) is 0 Å². The van der Waals surface area contributed by atoms with Gasteiger partial charge in [0.25, 0.3) is 0 Å². The zero-order valence-electron chi connectivity index (χ0n) is 8.08. The van der Waals surface area contributed by atoms with Gasteiger partial charge in [0, 0.05) is 5.25 Å². The van der Waals surface area contributed by atoms with Crippen molar-refractivity contribution in [3.8, 4) is 0 Å². The zero-order valence-corrected chi connectivity index (χ0v) is 8.89. The van der Waals surface area contributed by atoms with Crippen LogP contribution in [0.2, 0.25) is 0 Å². The molecule has 2 aliphatic rings. The quantitative estimate of drug-likeness (QED) is 0.669. The van der Waals surface area contributed by atoms with Crippen LogP contribution in [0.3, 0.4) is 0 Å². The third kappa shape index (κ3) is 1.43. The van der Waals surface area contributed by atoms with Crippen molar-refractivity contribution >= 4 is 17.7 Å². The number of ether oxygens (including phenoxy) is 1. The minimum Gasteiger partial charge on any atom is -0.465 e. The van der Waals surface area contributed by atoms with Gasteiger partial charge in [-0.1, -0.05) is 17.8 Å². The first-order chi connectivity index (χ1) is 6.74. The molecule has 0 aromatic heterocycles. The van der Waals surface area contributed by atoms with Crippen LogP contribution >= 0.6 is 11.8 Å². The molecule has 0 aromatic rings. The summed E-state index contributed by atoms with van der Waals surface area (Å²) < 4.78 is 4.72. The van der Waals surface area contributed by atoms with E-state index in [4.69, 9.17) is 10.5 Å². The fraction of sp³-hybridized carbons (Fsp3) is 0.500. The van der Waals surface area contributed by atoms with Gasteiger partial charge >= 0.3 is 5.97 Å². The van der Waals surface area contributed by atoms with E-state index in [1.54, 1.807) is 11.8 Å². The fourth-order valence-electron chi connectivity index (χ4n) is 1.91. The first-order valence-electron chi connectivity index (χ1n) is 4.69. The van der Waals surface area contributed by atoms with Gasteiger partial charge in [-0.15, -0.1) is 0 Å². The fourth-order valence-corrected chi connectivity index (χ4v) is 3.16. The molecule has 0 fully saturated rings. The van der Waals surface area contributed by atoms with Crippen molar-refractivity contribution < 1.29 is 9.53 Å². The summed E-state index contributed by atoms with van der Waals surface area (Å²) in [5.74, 6) is -0.300. The van der Waals surface area contributed by atoms with E-state index >= 15 is 0 Å². The number of hydrogen-bond donors (Lipinski definition) is 1. The molecule has 0 bridgehead atoms. The normalized spacial score (nSPS) is 25.8. The minimum atomic E-state index is -0.300. The maximum atomic E-state index is 11.5. The smallest absolute Gasteiger partial charge is 0.340 e. The maximum Gasteiger partial charge on any atom is 0.340 e. The third-order valence-electron chi connectivity index (χ3n) is 2.58. The molecule has 0 radical (unpaired) electrons. The molecule has 0 saturated carbocycles. The molecule has 14 heavy (non-hydrogen) atoms. The number of fused-ring (bicyclic) bond motifs is 1. The Kier molecular flexibility index (Phi) is 2.54. The lowest BCUT2D eigenvalue weighted by Crippen LogP contribution is -2.13. The first kappa shape index (κ1) is 9.65. The van der Waals surface area contributed by atoms with Crippen molar-refractivity contribution in [2.45, 2.75) is 24.5 Å². The van der Waals surface area contributed by atoms with Crippen molar-refractivity contribution in [1.82, 2.24) is 0 Å². The van der Waals surface area contributed by atoms with E-state index in [1.165, 1.54) is 13.5 Å². The number of carbonyl (C=O) groups is 1. The Hall–Kier alpha value is -0.900. The van der Waals surface area contributed by atoms with Crippen LogP contribution in [0.5, 0.6) is 0 Å². The molecule has 0 aromatic carbocycles. The summed E-state index contributed by atoms with van der Waals surface area (Å²) in [7, 11) is 1.39. The average Bonchev–Trinajstić information content (AvgIpc) is 2.53. The summed E-state index contributed by atoms with van der Waals surface area (Å²) in [6.45, 7) is 0. The van der Waals surface area contributed by atoms with Crippen LogP contribution in [-0.2, 0) is 9.53 Å². The average molecular weight is 211 g/mol. The summed E-state index contributed by atoms with van der Waals surface area (Å²) in [6, 6.07) is 0. The predicted molar refractivity (Wildman–Crippen MR) is 56.5 cm³/mol. The summed E-state index contributed by atoms with van der Waals surface area (Å²) in [5, 5.41) is 1.01. The highest BCUT2D eigenvalue weighted by Gasteiger charge is 2.34. The van der Waals surface area contributed by atoms with Crippen molar-refractivity contribution in [2.75, 3.05) is 7.11 Å². The van der Waals surface area contributed by atoms with Gasteiger partial charge in [0.2, 0.25) is 0 Å². The van der Waals surface area contributed by atoms with E-state index < -0.39 is 0 Å². The van der Waals surface area contributed by atoms with Crippen LogP contribution < -0.4 is 5.73 Å². The van der Waals surface area contributed by atoms with Crippen molar-refractivity contribution in [3.63, 3.8) is 0 Å². The van der Waals surface area contributed by atoms with Gasteiger partial charge < -0.3 is 10.5 Å². The number of methoxy groups -OCH3 is 1. The summed E-state index contributed by atoms with van der Waals surface area (Å²) in [5.41, 5.74) is 7.50. The molecule has 1 unspecified atom stereocenters. The van der Waals surface area contributed by atoms with Crippen molar-refractivity contribution in [1.29, 1.82) is 0 Å². The molecular formula is C10H13NO2S. The van der Waals surface area contributed by atoms with Crippen LogP contribution in [0, 0.1) is 0 Å². The molecule has 3 nitrogen and oxygen atoms in total. The van der Waals surface area contributed by atoms with Gasteiger partial charge in [-0.25, -0.2) is 4.79 Å². The van der Waals surface area contributed by atoms with Gasteiger partial charge in [0.15, 0.2) is 0 Å². The number of thioether (sulfide) groups is 1. The maximum absolute atomic E-state index is 11.5. The SMILES string of the molecule is COC(=O)C1=C(N)SC2CCCC=C12. The largest absolute Gasteiger partial charge is 0.465 e. The Morgan fingerprint density at radius 2 is 2.50 bits per heavy atom. The molecule has 4 heteroatoms.